The van der Waals surface area contributed by atoms with Crippen molar-refractivity contribution >= 4 is 17.7 Å². The van der Waals surface area contributed by atoms with Gasteiger partial charge < -0.3 is 26.8 Å². The highest BCUT2D eigenvalue weighted by atomic mass is 19.1. The molecule has 0 aliphatic carbocycles. The van der Waals surface area contributed by atoms with Crippen molar-refractivity contribution < 1.29 is 32.3 Å². The maximum atomic E-state index is 13.6. The van der Waals surface area contributed by atoms with E-state index in [4.69, 9.17) is 16.2 Å². The lowest BCUT2D eigenvalue weighted by molar-refractivity contribution is -0.124. The highest BCUT2D eigenvalue weighted by molar-refractivity contribution is 5.95. The summed E-state index contributed by atoms with van der Waals surface area (Å²) in [6.45, 7) is 11.0. The van der Waals surface area contributed by atoms with E-state index in [0.717, 1.165) is 30.6 Å². The number of nitrogens with one attached hydrogen (secondary N) is 2. The monoisotopic (exact) mass is 522 g/mol. The zero-order valence-corrected chi connectivity index (χ0v) is 21.0. The van der Waals surface area contributed by atoms with Crippen LogP contribution in [0.25, 0.3) is 0 Å². The molecule has 0 aromatic carbocycles. The molecule has 2 atom stereocenters. The minimum atomic E-state index is -1.43. The summed E-state index contributed by atoms with van der Waals surface area (Å²) in [6.07, 6.45) is 5.18. The molecule has 202 valence electrons. The summed E-state index contributed by atoms with van der Waals surface area (Å²) in [7, 11) is 0. The first-order chi connectivity index (χ1) is 17.4. The average molecular weight is 523 g/mol. The fourth-order valence-corrected chi connectivity index (χ4v) is 2.94. The third-order valence-electron chi connectivity index (χ3n) is 4.64. The molecule has 0 saturated heterocycles. The van der Waals surface area contributed by atoms with Crippen LogP contribution in [0.15, 0.2) is 96.1 Å². The Morgan fingerprint density at radius 1 is 1.14 bits per heavy atom. The number of hydrogen-bond donors (Lipinski definition) is 4. The van der Waals surface area contributed by atoms with Crippen LogP contribution in [0.5, 0.6) is 0 Å². The molecule has 6 N–H and O–H groups in total. The van der Waals surface area contributed by atoms with Crippen LogP contribution in [0.3, 0.4) is 0 Å². The molecule has 0 aliphatic heterocycles. The standard InChI is InChI=1S/C26H33F3N4O4/c1-6-32-23(34)8-10-37-15-24(35)33-22(12-19(7-9-27)11-17(4)29)25(30)18(5)21(16(2)3)13-20(14-28)26(31)36/h6-11,13-14,17,22H,1-2,12,15,30H2,3-5H3,(H2,31,36)(H,32,34)(H,33,35)/b9-7+,10-8+,19-11+,20-14-,21-13+,25-18+/t17-,22-/m0/s1. The van der Waals surface area contributed by atoms with Crippen LogP contribution in [0.1, 0.15) is 27.2 Å². The molecule has 0 aromatic heterocycles. The molecule has 11 heteroatoms. The van der Waals surface area contributed by atoms with E-state index in [2.05, 4.69) is 23.8 Å². The molecule has 3 amide bonds. The highest BCUT2D eigenvalue weighted by Crippen LogP contribution is 2.25. The maximum Gasteiger partial charge on any atom is 0.258 e. The second kappa shape index (κ2) is 17.2. The van der Waals surface area contributed by atoms with Gasteiger partial charge in [-0.05, 0) is 68.3 Å². The van der Waals surface area contributed by atoms with Gasteiger partial charge in [-0.1, -0.05) is 18.7 Å². The molecule has 0 heterocycles. The zero-order valence-electron chi connectivity index (χ0n) is 21.0. The number of ether oxygens (including phenoxy) is 1. The number of carbonyl (C=O) groups is 3. The van der Waals surface area contributed by atoms with Crippen LogP contribution in [0, 0.1) is 0 Å². The minimum Gasteiger partial charge on any atom is -0.491 e. The lowest BCUT2D eigenvalue weighted by Crippen LogP contribution is -2.41. The molecule has 0 radical (unpaired) electrons. The number of carbonyl (C=O) groups excluding carboxylic acids is 3. The third-order valence-corrected chi connectivity index (χ3v) is 4.64. The number of hydrogen-bond acceptors (Lipinski definition) is 5. The second-order valence-electron chi connectivity index (χ2n) is 7.71. The molecule has 0 rings (SSSR count). The van der Waals surface area contributed by atoms with Crippen molar-refractivity contribution in [1.29, 1.82) is 0 Å². The zero-order chi connectivity index (χ0) is 28.5. The highest BCUT2D eigenvalue weighted by Gasteiger charge is 2.21. The van der Waals surface area contributed by atoms with Gasteiger partial charge in [0.25, 0.3) is 17.7 Å². The summed E-state index contributed by atoms with van der Waals surface area (Å²) in [4.78, 5) is 35.4. The fraction of sp³-hybridized carbons (Fsp3) is 0.269. The predicted molar refractivity (Wildman–Crippen MR) is 137 cm³/mol. The molecule has 0 spiro atoms. The van der Waals surface area contributed by atoms with Gasteiger partial charge in [-0.15, -0.1) is 0 Å². The van der Waals surface area contributed by atoms with Gasteiger partial charge in [0.05, 0.1) is 30.5 Å². The SMILES string of the molecule is C=CNC(=O)/C=C/OCC(=O)N[C@@H](CC(=C/[C@H](C)F)/C=C/F)\C(N)=C(C)/C(=C/C(=C/F)C(N)=O)C(=C)C. The number of primary amides is 1. The van der Waals surface area contributed by atoms with Gasteiger partial charge in [-0.25, -0.2) is 13.2 Å². The topological polar surface area (TPSA) is 137 Å². The Bertz CT molecular complexity index is 1050. The lowest BCUT2D eigenvalue weighted by Gasteiger charge is -2.23. The van der Waals surface area contributed by atoms with Gasteiger partial charge in [-0.3, -0.25) is 14.4 Å². The van der Waals surface area contributed by atoms with Crippen LogP contribution in [-0.2, 0) is 19.1 Å². The number of halogens is 3. The summed E-state index contributed by atoms with van der Waals surface area (Å²) in [6, 6.07) is -1.01. The Kier molecular flexibility index (Phi) is 15.2. The van der Waals surface area contributed by atoms with Gasteiger partial charge in [0.1, 0.15) is 6.17 Å². The van der Waals surface area contributed by atoms with Crippen molar-refractivity contribution in [2.45, 2.75) is 39.4 Å². The van der Waals surface area contributed by atoms with E-state index in [-0.39, 0.29) is 35.9 Å². The second-order valence-corrected chi connectivity index (χ2v) is 7.71. The van der Waals surface area contributed by atoms with Crippen molar-refractivity contribution in [1.82, 2.24) is 10.6 Å². The van der Waals surface area contributed by atoms with E-state index >= 15 is 0 Å². The van der Waals surface area contributed by atoms with E-state index in [1.165, 1.54) is 20.0 Å². The molecule has 0 saturated carbocycles. The van der Waals surface area contributed by atoms with Gasteiger partial charge in [0.15, 0.2) is 6.61 Å². The molecular weight excluding hydrogens is 489 g/mol. The molecule has 0 unspecified atom stereocenters. The number of amides is 3. The summed E-state index contributed by atoms with van der Waals surface area (Å²) in [5.41, 5.74) is 12.3. The van der Waals surface area contributed by atoms with E-state index in [0.29, 0.717) is 11.1 Å². The molecular formula is C26H33F3N4O4. The van der Waals surface area contributed by atoms with Crippen LogP contribution in [0.2, 0.25) is 0 Å². The number of rotatable bonds is 15. The summed E-state index contributed by atoms with van der Waals surface area (Å²) >= 11 is 0. The Morgan fingerprint density at radius 2 is 1.78 bits per heavy atom. The Morgan fingerprint density at radius 3 is 2.27 bits per heavy atom. The van der Waals surface area contributed by atoms with Gasteiger partial charge in [0, 0.05) is 11.8 Å². The quantitative estimate of drug-likeness (QED) is 0.148. The average Bonchev–Trinajstić information content (AvgIpc) is 2.80. The molecule has 0 aromatic rings. The number of nitrogens with two attached hydrogens (primary N) is 2. The molecule has 0 aliphatic rings. The van der Waals surface area contributed by atoms with Crippen molar-refractivity contribution in [3.63, 3.8) is 0 Å². The van der Waals surface area contributed by atoms with Crippen LogP contribution in [-0.4, -0.2) is 36.5 Å². The van der Waals surface area contributed by atoms with Crippen LogP contribution >= 0.6 is 0 Å². The smallest absolute Gasteiger partial charge is 0.258 e. The first-order valence-electron chi connectivity index (χ1n) is 10.9. The minimum absolute atomic E-state index is 0.0314. The van der Waals surface area contributed by atoms with Crippen molar-refractivity contribution in [3.05, 3.63) is 96.1 Å². The predicted octanol–water partition coefficient (Wildman–Crippen LogP) is 3.49. The van der Waals surface area contributed by atoms with E-state index in [9.17, 15) is 27.6 Å². The molecule has 37 heavy (non-hydrogen) atoms. The lowest BCUT2D eigenvalue weighted by atomic mass is 9.92. The van der Waals surface area contributed by atoms with E-state index in [1.807, 2.05) is 0 Å². The van der Waals surface area contributed by atoms with Gasteiger partial charge in [-0.2, -0.15) is 0 Å². The van der Waals surface area contributed by atoms with Crippen LogP contribution in [0.4, 0.5) is 13.2 Å². The van der Waals surface area contributed by atoms with Gasteiger partial charge >= 0.3 is 0 Å². The fourth-order valence-electron chi connectivity index (χ4n) is 2.94. The maximum absolute atomic E-state index is 13.6. The first kappa shape index (κ1) is 32.7. The summed E-state index contributed by atoms with van der Waals surface area (Å²) in [5.74, 6) is -2.23. The third kappa shape index (κ3) is 12.8. The molecule has 8 nitrogen and oxygen atoms in total. The summed E-state index contributed by atoms with van der Waals surface area (Å²) in [5, 5.41) is 4.88. The number of allylic oxidation sites excluding steroid dienone is 5. The molecule has 0 fully saturated rings. The van der Waals surface area contributed by atoms with Gasteiger partial charge in [0.2, 0.25) is 0 Å². The first-order valence-corrected chi connectivity index (χ1v) is 10.9. The molecule has 0 bridgehead atoms. The van der Waals surface area contributed by atoms with Crippen molar-refractivity contribution in [2.75, 3.05) is 6.61 Å². The van der Waals surface area contributed by atoms with Crippen LogP contribution < -0.4 is 22.1 Å². The Balaban J connectivity index is 6.28. The Labute approximate surface area is 214 Å². The van der Waals surface area contributed by atoms with E-state index < -0.39 is 42.1 Å². The Hall–Kier alpha value is -4.28. The summed E-state index contributed by atoms with van der Waals surface area (Å²) < 4.78 is 44.8. The van der Waals surface area contributed by atoms with Crippen molar-refractivity contribution in [3.8, 4) is 0 Å². The van der Waals surface area contributed by atoms with E-state index in [1.54, 1.807) is 6.92 Å². The number of alkyl halides is 1. The van der Waals surface area contributed by atoms with Crippen molar-refractivity contribution in [2.24, 2.45) is 11.5 Å². The largest absolute Gasteiger partial charge is 0.491 e. The normalized spacial score (nSPS) is 15.1.